The molecule has 15 heavy (non-hydrogen) atoms. The quantitative estimate of drug-likeness (QED) is 0.729. The molecule has 88 valence electrons. The molecular formula is C11H21NO3. The molecule has 1 rings (SSSR count). The molecule has 1 fully saturated rings. The van der Waals surface area contributed by atoms with E-state index >= 15 is 0 Å². The summed E-state index contributed by atoms with van der Waals surface area (Å²) in [5.41, 5.74) is 0. The Bertz CT molecular complexity index is 188. The summed E-state index contributed by atoms with van der Waals surface area (Å²) in [4.78, 5) is 11.3. The lowest BCUT2D eigenvalue weighted by Crippen LogP contribution is -2.38. The van der Waals surface area contributed by atoms with Crippen molar-refractivity contribution in [3.8, 4) is 0 Å². The number of ether oxygens (including phenoxy) is 2. The molecule has 1 aliphatic carbocycles. The Morgan fingerprint density at radius 3 is 2.53 bits per heavy atom. The zero-order chi connectivity index (χ0) is 11.1. The summed E-state index contributed by atoms with van der Waals surface area (Å²) >= 11 is 0. The zero-order valence-electron chi connectivity index (χ0n) is 9.62. The van der Waals surface area contributed by atoms with Crippen molar-refractivity contribution in [2.75, 3.05) is 20.3 Å². The molecule has 1 saturated carbocycles. The smallest absolute Gasteiger partial charge is 0.407 e. The average molecular weight is 215 g/mol. The molecule has 0 unspecified atom stereocenters. The van der Waals surface area contributed by atoms with Crippen molar-refractivity contribution in [2.24, 2.45) is 5.92 Å². The van der Waals surface area contributed by atoms with Gasteiger partial charge in [-0.05, 0) is 31.6 Å². The average Bonchev–Trinajstić information content (AvgIpc) is 2.22. The highest BCUT2D eigenvalue weighted by molar-refractivity contribution is 5.67. The maximum atomic E-state index is 11.3. The van der Waals surface area contributed by atoms with Gasteiger partial charge in [0.05, 0.1) is 6.61 Å². The van der Waals surface area contributed by atoms with Gasteiger partial charge >= 0.3 is 6.09 Å². The first-order valence-electron chi connectivity index (χ1n) is 5.64. The molecule has 1 aliphatic rings. The molecule has 0 bridgehead atoms. The van der Waals surface area contributed by atoms with Gasteiger partial charge in [0, 0.05) is 13.2 Å². The van der Waals surface area contributed by atoms with E-state index in [9.17, 15) is 4.79 Å². The topological polar surface area (TPSA) is 47.6 Å². The van der Waals surface area contributed by atoms with E-state index in [4.69, 9.17) is 9.47 Å². The van der Waals surface area contributed by atoms with E-state index in [0.717, 1.165) is 18.8 Å². The first-order chi connectivity index (χ1) is 7.22. The normalized spacial score (nSPS) is 26.0. The van der Waals surface area contributed by atoms with Crippen LogP contribution in [0.1, 0.15) is 32.6 Å². The fourth-order valence-electron chi connectivity index (χ4n) is 1.83. The highest BCUT2D eigenvalue weighted by atomic mass is 16.6. The Balaban J connectivity index is 2.09. The minimum atomic E-state index is -0.313. The molecule has 0 aromatic heterocycles. The largest absolute Gasteiger partial charge is 0.447 e. The Hall–Kier alpha value is -0.770. The first-order valence-corrected chi connectivity index (χ1v) is 5.64. The number of hydrogen-bond acceptors (Lipinski definition) is 3. The summed E-state index contributed by atoms with van der Waals surface area (Å²) < 4.78 is 9.73. The van der Waals surface area contributed by atoms with E-state index in [0.29, 0.717) is 19.3 Å². The summed E-state index contributed by atoms with van der Waals surface area (Å²) in [6, 6.07) is 0.302. The van der Waals surface area contributed by atoms with E-state index in [1.54, 1.807) is 7.11 Å². The lowest BCUT2D eigenvalue weighted by atomic mass is 9.87. The number of carbonyl (C=O) groups is 1. The maximum Gasteiger partial charge on any atom is 0.407 e. The molecule has 0 atom stereocenters. The molecule has 0 aromatic rings. The van der Waals surface area contributed by atoms with Gasteiger partial charge in [0.1, 0.15) is 6.61 Å². The molecule has 0 heterocycles. The van der Waals surface area contributed by atoms with Crippen molar-refractivity contribution < 1.29 is 14.3 Å². The van der Waals surface area contributed by atoms with Gasteiger partial charge in [0.2, 0.25) is 0 Å². The van der Waals surface area contributed by atoms with Crippen molar-refractivity contribution in [1.29, 1.82) is 0 Å². The lowest BCUT2D eigenvalue weighted by molar-refractivity contribution is 0.0946. The van der Waals surface area contributed by atoms with Crippen LogP contribution in [0.3, 0.4) is 0 Å². The predicted molar refractivity (Wildman–Crippen MR) is 57.8 cm³/mol. The van der Waals surface area contributed by atoms with Crippen LogP contribution in [0.15, 0.2) is 0 Å². The van der Waals surface area contributed by atoms with Crippen LogP contribution in [0, 0.1) is 5.92 Å². The molecule has 1 N–H and O–H groups in total. The third-order valence-corrected chi connectivity index (χ3v) is 2.86. The molecule has 4 nitrogen and oxygen atoms in total. The highest BCUT2D eigenvalue weighted by Crippen LogP contribution is 2.23. The van der Waals surface area contributed by atoms with E-state index in [1.165, 1.54) is 12.8 Å². The summed E-state index contributed by atoms with van der Waals surface area (Å²) in [6.07, 6.45) is 4.22. The van der Waals surface area contributed by atoms with Crippen LogP contribution in [0.25, 0.3) is 0 Å². The van der Waals surface area contributed by atoms with Crippen LogP contribution in [-0.4, -0.2) is 32.5 Å². The van der Waals surface area contributed by atoms with Crippen molar-refractivity contribution in [1.82, 2.24) is 5.32 Å². The van der Waals surface area contributed by atoms with Gasteiger partial charge < -0.3 is 14.8 Å². The fraction of sp³-hybridized carbons (Fsp3) is 0.909. The first kappa shape index (κ1) is 12.3. The number of amides is 1. The van der Waals surface area contributed by atoms with Gasteiger partial charge in [-0.15, -0.1) is 0 Å². The maximum absolute atomic E-state index is 11.3. The Morgan fingerprint density at radius 1 is 1.27 bits per heavy atom. The van der Waals surface area contributed by atoms with Crippen molar-refractivity contribution in [2.45, 2.75) is 38.6 Å². The minimum absolute atomic E-state index is 0.302. The van der Waals surface area contributed by atoms with E-state index in [2.05, 4.69) is 12.2 Å². The van der Waals surface area contributed by atoms with Crippen LogP contribution in [-0.2, 0) is 9.47 Å². The Kier molecular flexibility index (Phi) is 5.47. The lowest BCUT2D eigenvalue weighted by Gasteiger charge is -2.26. The number of nitrogens with one attached hydrogen (secondary N) is 1. The zero-order valence-corrected chi connectivity index (χ0v) is 9.62. The number of hydrogen-bond donors (Lipinski definition) is 1. The number of methoxy groups -OCH3 is 1. The standard InChI is InChI=1S/C11H21NO3/c1-9-3-5-10(6-4-9)12-11(13)15-8-7-14-2/h9-10H,3-8H2,1-2H3,(H,12,13). The fourth-order valence-corrected chi connectivity index (χ4v) is 1.83. The van der Waals surface area contributed by atoms with Crippen LogP contribution >= 0.6 is 0 Å². The second kappa shape index (κ2) is 6.67. The summed E-state index contributed by atoms with van der Waals surface area (Å²) in [5, 5.41) is 2.88. The molecule has 0 radical (unpaired) electrons. The molecule has 0 aliphatic heterocycles. The molecule has 0 aromatic carbocycles. The van der Waals surface area contributed by atoms with Gasteiger partial charge in [-0.25, -0.2) is 4.79 Å². The second-order valence-electron chi connectivity index (χ2n) is 4.23. The van der Waals surface area contributed by atoms with Crippen molar-refractivity contribution >= 4 is 6.09 Å². The Morgan fingerprint density at radius 2 is 1.93 bits per heavy atom. The van der Waals surface area contributed by atoms with Gasteiger partial charge in [-0.2, -0.15) is 0 Å². The molecular weight excluding hydrogens is 194 g/mol. The number of alkyl carbamates (subject to hydrolysis) is 1. The number of rotatable bonds is 4. The van der Waals surface area contributed by atoms with Gasteiger partial charge in [-0.3, -0.25) is 0 Å². The van der Waals surface area contributed by atoms with E-state index in [1.807, 2.05) is 0 Å². The predicted octanol–water partition coefficient (Wildman–Crippen LogP) is 1.94. The summed E-state index contributed by atoms with van der Waals surface area (Å²) in [5.74, 6) is 0.799. The number of carbonyl (C=O) groups excluding carboxylic acids is 1. The van der Waals surface area contributed by atoms with Crippen LogP contribution in [0.2, 0.25) is 0 Å². The summed E-state index contributed by atoms with van der Waals surface area (Å²) in [6.45, 7) is 3.04. The monoisotopic (exact) mass is 215 g/mol. The highest BCUT2D eigenvalue weighted by Gasteiger charge is 2.19. The SMILES string of the molecule is COCCOC(=O)NC1CCC(C)CC1. The molecule has 0 saturated heterocycles. The third kappa shape index (κ3) is 5.02. The van der Waals surface area contributed by atoms with Gasteiger partial charge in [0.15, 0.2) is 0 Å². The van der Waals surface area contributed by atoms with Crippen LogP contribution in [0.4, 0.5) is 4.79 Å². The van der Waals surface area contributed by atoms with Gasteiger partial charge in [-0.1, -0.05) is 6.92 Å². The van der Waals surface area contributed by atoms with Gasteiger partial charge in [0.25, 0.3) is 0 Å². The summed E-state index contributed by atoms with van der Waals surface area (Å²) in [7, 11) is 1.59. The van der Waals surface area contributed by atoms with E-state index in [-0.39, 0.29) is 6.09 Å². The third-order valence-electron chi connectivity index (χ3n) is 2.86. The van der Waals surface area contributed by atoms with E-state index < -0.39 is 0 Å². The molecule has 1 amide bonds. The second-order valence-corrected chi connectivity index (χ2v) is 4.23. The minimum Gasteiger partial charge on any atom is -0.447 e. The van der Waals surface area contributed by atoms with Crippen molar-refractivity contribution in [3.63, 3.8) is 0 Å². The molecule has 0 spiro atoms. The van der Waals surface area contributed by atoms with Crippen molar-refractivity contribution in [3.05, 3.63) is 0 Å². The molecule has 4 heteroatoms. The van der Waals surface area contributed by atoms with Crippen LogP contribution in [0.5, 0.6) is 0 Å². The van der Waals surface area contributed by atoms with Crippen LogP contribution < -0.4 is 5.32 Å². The Labute approximate surface area is 91.3 Å².